The Morgan fingerprint density at radius 3 is 2.93 bits per heavy atom. The number of fused-ring (bicyclic) bond motifs is 1. The molecule has 2 aliphatic heterocycles. The van der Waals surface area contributed by atoms with Crippen molar-refractivity contribution in [2.24, 2.45) is 5.92 Å². The molecule has 0 radical (unpaired) electrons. The molecule has 2 heterocycles. The van der Waals surface area contributed by atoms with E-state index in [0.717, 1.165) is 13.1 Å². The Labute approximate surface area is 84.8 Å². The lowest BCUT2D eigenvalue weighted by Gasteiger charge is -2.19. The molecule has 1 amide bonds. The highest BCUT2D eigenvalue weighted by molar-refractivity contribution is 5.68. The maximum Gasteiger partial charge on any atom is 0.409 e. The Bertz CT molecular complexity index is 232. The molecule has 2 aliphatic rings. The zero-order valence-electron chi connectivity index (χ0n) is 8.90. The molecule has 80 valence electrons. The van der Waals surface area contributed by atoms with Crippen LogP contribution in [0.15, 0.2) is 0 Å². The average molecular weight is 198 g/mol. The van der Waals surface area contributed by atoms with E-state index < -0.39 is 0 Å². The molecule has 14 heavy (non-hydrogen) atoms. The van der Waals surface area contributed by atoms with Crippen LogP contribution in [0.25, 0.3) is 0 Å². The van der Waals surface area contributed by atoms with E-state index in [1.54, 1.807) is 0 Å². The van der Waals surface area contributed by atoms with E-state index in [1.807, 2.05) is 11.8 Å². The minimum Gasteiger partial charge on any atom is -0.450 e. The van der Waals surface area contributed by atoms with Gasteiger partial charge >= 0.3 is 6.09 Å². The van der Waals surface area contributed by atoms with Gasteiger partial charge in [-0.2, -0.15) is 0 Å². The second-order valence-corrected chi connectivity index (χ2v) is 4.20. The largest absolute Gasteiger partial charge is 0.450 e. The number of nitrogens with zero attached hydrogens (tertiary/aromatic N) is 2. The predicted octanol–water partition coefficient (Wildman–Crippen LogP) is 0.779. The lowest BCUT2D eigenvalue weighted by Crippen LogP contribution is -2.35. The lowest BCUT2D eigenvalue weighted by molar-refractivity contribution is 0.111. The van der Waals surface area contributed by atoms with E-state index in [0.29, 0.717) is 18.6 Å². The number of hydrogen-bond donors (Lipinski definition) is 0. The van der Waals surface area contributed by atoms with Crippen molar-refractivity contribution in [1.29, 1.82) is 0 Å². The van der Waals surface area contributed by atoms with Crippen molar-refractivity contribution >= 4 is 6.09 Å². The third kappa shape index (κ3) is 1.59. The van der Waals surface area contributed by atoms with Crippen LogP contribution in [0, 0.1) is 5.92 Å². The van der Waals surface area contributed by atoms with Gasteiger partial charge < -0.3 is 14.5 Å². The summed E-state index contributed by atoms with van der Waals surface area (Å²) in [6, 6.07) is 0.569. The number of likely N-dealkylation sites (tertiary alicyclic amines) is 2. The Kier molecular flexibility index (Phi) is 2.63. The first-order valence-corrected chi connectivity index (χ1v) is 5.34. The van der Waals surface area contributed by atoms with Crippen molar-refractivity contribution in [1.82, 2.24) is 9.80 Å². The van der Waals surface area contributed by atoms with Crippen LogP contribution in [-0.2, 0) is 4.74 Å². The summed E-state index contributed by atoms with van der Waals surface area (Å²) in [7, 11) is 2.14. The van der Waals surface area contributed by atoms with Crippen LogP contribution in [0.2, 0.25) is 0 Å². The van der Waals surface area contributed by atoms with E-state index in [-0.39, 0.29) is 6.09 Å². The maximum absolute atomic E-state index is 11.5. The molecule has 2 fully saturated rings. The summed E-state index contributed by atoms with van der Waals surface area (Å²) < 4.78 is 4.99. The minimum atomic E-state index is -0.143. The van der Waals surface area contributed by atoms with Crippen LogP contribution in [0.3, 0.4) is 0 Å². The molecule has 0 N–H and O–H groups in total. The molecular formula is C10H18N2O2. The van der Waals surface area contributed by atoms with Crippen LogP contribution in [0.1, 0.15) is 13.3 Å². The van der Waals surface area contributed by atoms with Gasteiger partial charge in [0.1, 0.15) is 0 Å². The van der Waals surface area contributed by atoms with Gasteiger partial charge in [-0.1, -0.05) is 0 Å². The van der Waals surface area contributed by atoms with Crippen molar-refractivity contribution in [3.8, 4) is 0 Å². The van der Waals surface area contributed by atoms with Gasteiger partial charge in [0.15, 0.2) is 0 Å². The maximum atomic E-state index is 11.5. The number of carbonyl (C=O) groups excluding carboxylic acids is 1. The third-order valence-electron chi connectivity index (χ3n) is 3.35. The number of rotatable bonds is 1. The summed E-state index contributed by atoms with van der Waals surface area (Å²) in [5.41, 5.74) is 0. The Balaban J connectivity index is 1.92. The van der Waals surface area contributed by atoms with E-state index in [2.05, 4.69) is 11.9 Å². The predicted molar refractivity (Wildman–Crippen MR) is 53.1 cm³/mol. The monoisotopic (exact) mass is 198 g/mol. The van der Waals surface area contributed by atoms with Gasteiger partial charge in [0.2, 0.25) is 0 Å². The van der Waals surface area contributed by atoms with E-state index >= 15 is 0 Å². The molecule has 0 aliphatic carbocycles. The molecule has 0 aromatic rings. The standard InChI is InChI=1S/C10H18N2O2/c1-3-14-10(13)12-6-8-4-5-11(2)9(8)7-12/h8-9H,3-7H2,1-2H3. The Morgan fingerprint density at radius 2 is 2.29 bits per heavy atom. The van der Waals surface area contributed by atoms with Gasteiger partial charge in [-0.3, -0.25) is 0 Å². The van der Waals surface area contributed by atoms with Crippen molar-refractivity contribution in [3.63, 3.8) is 0 Å². The first-order chi connectivity index (χ1) is 6.72. The van der Waals surface area contributed by atoms with Crippen LogP contribution < -0.4 is 0 Å². The second kappa shape index (κ2) is 3.77. The highest BCUT2D eigenvalue weighted by atomic mass is 16.6. The van der Waals surface area contributed by atoms with Crippen LogP contribution in [-0.4, -0.2) is 55.2 Å². The van der Waals surface area contributed by atoms with Crippen LogP contribution >= 0.6 is 0 Å². The molecule has 2 atom stereocenters. The van der Waals surface area contributed by atoms with Crippen molar-refractivity contribution < 1.29 is 9.53 Å². The van der Waals surface area contributed by atoms with Gasteiger partial charge in [0.05, 0.1) is 6.61 Å². The summed E-state index contributed by atoms with van der Waals surface area (Å²) in [6.45, 7) is 5.22. The van der Waals surface area contributed by atoms with Crippen molar-refractivity contribution in [2.45, 2.75) is 19.4 Å². The van der Waals surface area contributed by atoms with Gasteiger partial charge in [-0.15, -0.1) is 0 Å². The molecule has 4 nitrogen and oxygen atoms in total. The van der Waals surface area contributed by atoms with Crippen LogP contribution in [0.4, 0.5) is 4.79 Å². The highest BCUT2D eigenvalue weighted by Gasteiger charge is 2.41. The molecule has 2 unspecified atom stereocenters. The SMILES string of the molecule is CCOC(=O)N1CC2CCN(C)C2C1. The van der Waals surface area contributed by atoms with E-state index in [9.17, 15) is 4.79 Å². The normalized spacial score (nSPS) is 32.0. The first-order valence-electron chi connectivity index (χ1n) is 5.34. The number of ether oxygens (including phenoxy) is 1. The summed E-state index contributed by atoms with van der Waals surface area (Å²) in [5.74, 6) is 0.671. The van der Waals surface area contributed by atoms with Gasteiger partial charge in [0.25, 0.3) is 0 Å². The van der Waals surface area contributed by atoms with Crippen molar-refractivity contribution in [2.75, 3.05) is 33.3 Å². The molecule has 2 saturated heterocycles. The molecule has 0 saturated carbocycles. The molecule has 2 rings (SSSR count). The topological polar surface area (TPSA) is 32.8 Å². The molecular weight excluding hydrogens is 180 g/mol. The van der Waals surface area contributed by atoms with Gasteiger partial charge in [-0.25, -0.2) is 4.79 Å². The number of carbonyl (C=O) groups is 1. The summed E-state index contributed by atoms with van der Waals surface area (Å²) in [5, 5.41) is 0. The Morgan fingerprint density at radius 1 is 1.50 bits per heavy atom. The fourth-order valence-corrected chi connectivity index (χ4v) is 2.54. The molecule has 0 spiro atoms. The van der Waals surface area contributed by atoms with Crippen molar-refractivity contribution in [3.05, 3.63) is 0 Å². The average Bonchev–Trinajstić information content (AvgIpc) is 2.69. The minimum absolute atomic E-state index is 0.143. The second-order valence-electron chi connectivity index (χ2n) is 4.20. The molecule has 4 heteroatoms. The zero-order valence-corrected chi connectivity index (χ0v) is 8.90. The fraction of sp³-hybridized carbons (Fsp3) is 0.900. The number of amides is 1. The smallest absolute Gasteiger partial charge is 0.409 e. The molecule has 0 aromatic carbocycles. The first kappa shape index (κ1) is 9.77. The summed E-state index contributed by atoms with van der Waals surface area (Å²) in [6.07, 6.45) is 1.08. The number of hydrogen-bond acceptors (Lipinski definition) is 3. The van der Waals surface area contributed by atoms with Gasteiger partial charge in [0, 0.05) is 19.1 Å². The van der Waals surface area contributed by atoms with Crippen LogP contribution in [0.5, 0.6) is 0 Å². The number of likely N-dealkylation sites (N-methyl/N-ethyl adjacent to an activating group) is 1. The molecule has 0 bridgehead atoms. The van der Waals surface area contributed by atoms with E-state index in [1.165, 1.54) is 13.0 Å². The lowest BCUT2D eigenvalue weighted by atomic mass is 10.1. The van der Waals surface area contributed by atoms with E-state index in [4.69, 9.17) is 4.74 Å². The fourth-order valence-electron chi connectivity index (χ4n) is 2.54. The third-order valence-corrected chi connectivity index (χ3v) is 3.35. The van der Waals surface area contributed by atoms with Gasteiger partial charge in [-0.05, 0) is 32.9 Å². The summed E-state index contributed by atoms with van der Waals surface area (Å²) in [4.78, 5) is 15.7. The Hall–Kier alpha value is -0.770. The quantitative estimate of drug-likeness (QED) is 0.624. The molecule has 0 aromatic heterocycles. The summed E-state index contributed by atoms with van der Waals surface area (Å²) >= 11 is 0. The zero-order chi connectivity index (χ0) is 10.1. The highest BCUT2D eigenvalue weighted by Crippen LogP contribution is 2.30.